The minimum Gasteiger partial charge on any atom is -0.337 e. The Hall–Kier alpha value is -2.28. The Bertz CT molecular complexity index is 710. The number of aryl methyl sites for hydroxylation is 1. The quantitative estimate of drug-likeness (QED) is 0.833. The van der Waals surface area contributed by atoms with E-state index in [-0.39, 0.29) is 18.3 Å². The first-order valence-electron chi connectivity index (χ1n) is 8.58. The predicted molar refractivity (Wildman–Crippen MR) is 90.1 cm³/mol. The second-order valence-electron chi connectivity index (χ2n) is 6.48. The lowest BCUT2D eigenvalue weighted by atomic mass is 10.0. The van der Waals surface area contributed by atoms with E-state index in [0.29, 0.717) is 11.7 Å². The second kappa shape index (κ2) is 7.74. The first-order valence-corrected chi connectivity index (χ1v) is 8.58. The smallest absolute Gasteiger partial charge is 0.246 e. The lowest BCUT2D eigenvalue weighted by Gasteiger charge is -2.35. The lowest BCUT2D eigenvalue weighted by molar-refractivity contribution is -0.137. The highest BCUT2D eigenvalue weighted by Gasteiger charge is 2.31. The molecular weight excluding hydrogens is 323 g/mol. The Morgan fingerprint density at radius 3 is 2.56 bits per heavy atom. The van der Waals surface area contributed by atoms with Crippen molar-refractivity contribution in [1.29, 1.82) is 0 Å². The third-order valence-electron chi connectivity index (χ3n) is 4.49. The molecule has 1 aromatic carbocycles. The molecule has 2 heterocycles. The number of carbonyl (C=O) groups excluding carboxylic acids is 1. The van der Waals surface area contributed by atoms with Crippen LogP contribution in [0.25, 0.3) is 0 Å². The highest BCUT2D eigenvalue weighted by Crippen LogP contribution is 2.27. The van der Waals surface area contributed by atoms with E-state index < -0.39 is 6.04 Å². The van der Waals surface area contributed by atoms with Crippen LogP contribution in [0, 0.1) is 12.7 Å². The molecule has 0 aliphatic carbocycles. The summed E-state index contributed by atoms with van der Waals surface area (Å²) in [6.07, 6.45) is 3.31. The van der Waals surface area contributed by atoms with Crippen LogP contribution in [-0.2, 0) is 11.3 Å². The Morgan fingerprint density at radius 2 is 1.96 bits per heavy atom. The van der Waals surface area contributed by atoms with Crippen molar-refractivity contribution in [3.05, 3.63) is 47.4 Å². The molecule has 1 aromatic heterocycles. The van der Waals surface area contributed by atoms with Crippen LogP contribution in [0.15, 0.2) is 28.8 Å². The van der Waals surface area contributed by atoms with Gasteiger partial charge in [0.25, 0.3) is 0 Å². The van der Waals surface area contributed by atoms with Gasteiger partial charge in [-0.25, -0.2) is 4.39 Å². The van der Waals surface area contributed by atoms with Crippen LogP contribution >= 0.6 is 0 Å². The van der Waals surface area contributed by atoms with Crippen molar-refractivity contribution < 1.29 is 13.7 Å². The van der Waals surface area contributed by atoms with Gasteiger partial charge in [-0.1, -0.05) is 23.7 Å². The summed E-state index contributed by atoms with van der Waals surface area (Å²) in [5.41, 5.74) is 0.807. The molecule has 0 saturated carbocycles. The minimum absolute atomic E-state index is 0.0515. The zero-order valence-electron chi connectivity index (χ0n) is 14.6. The molecule has 1 aliphatic rings. The molecule has 2 aromatic rings. The average molecular weight is 346 g/mol. The van der Waals surface area contributed by atoms with Crippen LogP contribution in [0.4, 0.5) is 4.39 Å². The van der Waals surface area contributed by atoms with Crippen molar-refractivity contribution in [2.24, 2.45) is 0 Å². The van der Waals surface area contributed by atoms with Crippen LogP contribution in [0.5, 0.6) is 0 Å². The number of likely N-dealkylation sites (tertiary alicyclic amines) is 1. The summed E-state index contributed by atoms with van der Waals surface area (Å²) < 4.78 is 18.4. The molecule has 0 radical (unpaired) electrons. The maximum atomic E-state index is 13.3. The van der Waals surface area contributed by atoms with E-state index in [9.17, 15) is 9.18 Å². The third kappa shape index (κ3) is 4.22. The molecule has 0 bridgehead atoms. The number of aromatic nitrogens is 2. The number of halogens is 1. The SMILES string of the molecule is Cc1noc(CN(C)C(=O)[C@H](c2ccc(F)cc2)N2CCCCC2)n1. The summed E-state index contributed by atoms with van der Waals surface area (Å²) in [5.74, 6) is 0.597. The summed E-state index contributed by atoms with van der Waals surface area (Å²) in [6, 6.07) is 5.77. The lowest BCUT2D eigenvalue weighted by Crippen LogP contribution is -2.43. The molecule has 1 saturated heterocycles. The van der Waals surface area contributed by atoms with Crippen LogP contribution in [0.2, 0.25) is 0 Å². The number of carbonyl (C=O) groups is 1. The third-order valence-corrected chi connectivity index (χ3v) is 4.49. The van der Waals surface area contributed by atoms with E-state index >= 15 is 0 Å². The van der Waals surface area contributed by atoms with E-state index in [0.717, 1.165) is 31.5 Å². The molecule has 1 fully saturated rings. The van der Waals surface area contributed by atoms with Crippen molar-refractivity contribution in [2.75, 3.05) is 20.1 Å². The number of rotatable bonds is 5. The summed E-state index contributed by atoms with van der Waals surface area (Å²) in [4.78, 5) is 21.1. The van der Waals surface area contributed by atoms with Gasteiger partial charge in [0.2, 0.25) is 11.8 Å². The fourth-order valence-corrected chi connectivity index (χ4v) is 3.23. The van der Waals surface area contributed by atoms with Crippen LogP contribution in [0.3, 0.4) is 0 Å². The summed E-state index contributed by atoms with van der Waals surface area (Å²) in [7, 11) is 1.72. The van der Waals surface area contributed by atoms with Crippen molar-refractivity contribution in [1.82, 2.24) is 19.9 Å². The summed E-state index contributed by atoms with van der Waals surface area (Å²) >= 11 is 0. The van der Waals surface area contributed by atoms with Gasteiger partial charge in [-0.15, -0.1) is 0 Å². The van der Waals surface area contributed by atoms with Crippen molar-refractivity contribution in [3.8, 4) is 0 Å². The fourth-order valence-electron chi connectivity index (χ4n) is 3.23. The van der Waals surface area contributed by atoms with Gasteiger partial charge in [-0.05, 0) is 50.6 Å². The second-order valence-corrected chi connectivity index (χ2v) is 6.48. The number of piperidine rings is 1. The molecule has 0 spiro atoms. The Kier molecular flexibility index (Phi) is 5.43. The maximum absolute atomic E-state index is 13.3. The number of benzene rings is 1. The zero-order valence-corrected chi connectivity index (χ0v) is 14.6. The van der Waals surface area contributed by atoms with Gasteiger partial charge in [0.1, 0.15) is 11.9 Å². The molecular formula is C18H23FN4O2. The van der Waals surface area contributed by atoms with E-state index in [1.807, 2.05) is 0 Å². The first kappa shape index (κ1) is 17.5. The van der Waals surface area contributed by atoms with E-state index in [1.54, 1.807) is 31.0 Å². The molecule has 0 unspecified atom stereocenters. The highest BCUT2D eigenvalue weighted by atomic mass is 19.1. The number of hydrogen-bond acceptors (Lipinski definition) is 5. The van der Waals surface area contributed by atoms with Gasteiger partial charge in [-0.3, -0.25) is 9.69 Å². The van der Waals surface area contributed by atoms with Crippen molar-refractivity contribution in [3.63, 3.8) is 0 Å². The average Bonchev–Trinajstić information content (AvgIpc) is 3.02. The summed E-state index contributed by atoms with van der Waals surface area (Å²) in [5, 5.41) is 3.76. The number of amides is 1. The molecule has 0 N–H and O–H groups in total. The highest BCUT2D eigenvalue weighted by molar-refractivity contribution is 5.83. The van der Waals surface area contributed by atoms with Crippen LogP contribution in [0.1, 0.15) is 42.6 Å². The van der Waals surface area contributed by atoms with E-state index in [2.05, 4.69) is 15.0 Å². The number of likely N-dealkylation sites (N-methyl/N-ethyl adjacent to an activating group) is 1. The van der Waals surface area contributed by atoms with Crippen LogP contribution < -0.4 is 0 Å². The summed E-state index contributed by atoms with van der Waals surface area (Å²) in [6.45, 7) is 3.72. The number of hydrogen-bond donors (Lipinski definition) is 0. The Balaban J connectivity index is 1.81. The minimum atomic E-state index is -0.421. The molecule has 7 heteroatoms. The molecule has 25 heavy (non-hydrogen) atoms. The first-order chi connectivity index (χ1) is 12.0. The van der Waals surface area contributed by atoms with Gasteiger partial charge in [0.15, 0.2) is 5.82 Å². The Labute approximate surface area is 146 Å². The molecule has 1 aliphatic heterocycles. The fraction of sp³-hybridized carbons (Fsp3) is 0.500. The Morgan fingerprint density at radius 1 is 1.28 bits per heavy atom. The van der Waals surface area contributed by atoms with Crippen molar-refractivity contribution >= 4 is 5.91 Å². The standard InChI is InChI=1S/C18H23FN4O2/c1-13-20-16(25-21-13)12-22(2)18(24)17(23-10-4-3-5-11-23)14-6-8-15(19)9-7-14/h6-9,17H,3-5,10-12H2,1-2H3/t17-/m0/s1. The van der Waals surface area contributed by atoms with Gasteiger partial charge >= 0.3 is 0 Å². The maximum Gasteiger partial charge on any atom is 0.246 e. The van der Waals surface area contributed by atoms with Gasteiger partial charge < -0.3 is 9.42 Å². The van der Waals surface area contributed by atoms with Crippen molar-refractivity contribution in [2.45, 2.75) is 38.8 Å². The normalized spacial score (nSPS) is 16.6. The van der Waals surface area contributed by atoms with E-state index in [4.69, 9.17) is 4.52 Å². The molecule has 1 amide bonds. The predicted octanol–water partition coefficient (Wildman–Crippen LogP) is 2.70. The molecule has 6 nitrogen and oxygen atoms in total. The molecule has 3 rings (SSSR count). The zero-order chi connectivity index (χ0) is 17.8. The molecule has 1 atom stereocenters. The number of nitrogens with zero attached hydrogens (tertiary/aromatic N) is 4. The van der Waals surface area contributed by atoms with Gasteiger partial charge in [0.05, 0.1) is 6.54 Å². The van der Waals surface area contributed by atoms with E-state index in [1.165, 1.54) is 18.6 Å². The molecule has 134 valence electrons. The largest absolute Gasteiger partial charge is 0.337 e. The van der Waals surface area contributed by atoms with Gasteiger partial charge in [0, 0.05) is 7.05 Å². The topological polar surface area (TPSA) is 62.5 Å². The van der Waals surface area contributed by atoms with Crippen LogP contribution in [-0.4, -0.2) is 46.0 Å². The van der Waals surface area contributed by atoms with Gasteiger partial charge in [-0.2, -0.15) is 4.98 Å². The monoisotopic (exact) mass is 346 g/mol.